The van der Waals surface area contributed by atoms with Crippen molar-refractivity contribution in [2.75, 3.05) is 20.2 Å². The average molecular weight is 265 g/mol. The highest BCUT2D eigenvalue weighted by molar-refractivity contribution is 5.73. The molecule has 104 valence electrons. The van der Waals surface area contributed by atoms with Gasteiger partial charge in [0.25, 0.3) is 0 Å². The van der Waals surface area contributed by atoms with Crippen LogP contribution in [0.25, 0.3) is 0 Å². The number of benzene rings is 1. The molecule has 6 heteroatoms. The second-order valence-corrected chi connectivity index (χ2v) is 3.85. The Kier molecular flexibility index (Phi) is 6.86. The Balaban J connectivity index is 2.24. The first-order valence-corrected chi connectivity index (χ1v) is 6.08. The third-order valence-electron chi connectivity index (χ3n) is 2.50. The van der Waals surface area contributed by atoms with E-state index in [0.717, 1.165) is 11.3 Å². The maximum atomic E-state index is 11.5. The topological polar surface area (TPSA) is 79.5 Å². The maximum Gasteiger partial charge on any atom is 0.315 e. The van der Waals surface area contributed by atoms with Crippen LogP contribution in [0.2, 0.25) is 0 Å². The summed E-state index contributed by atoms with van der Waals surface area (Å²) in [6.07, 6.45) is 1.34. The van der Waals surface area contributed by atoms with Crippen LogP contribution in [0.4, 0.5) is 4.79 Å². The van der Waals surface area contributed by atoms with Gasteiger partial charge in [-0.2, -0.15) is 0 Å². The van der Waals surface area contributed by atoms with Crippen molar-refractivity contribution < 1.29 is 14.3 Å². The Morgan fingerprint density at radius 2 is 2.05 bits per heavy atom. The zero-order valence-corrected chi connectivity index (χ0v) is 10.9. The molecule has 0 radical (unpaired) electrons. The molecule has 3 amide bonds. The van der Waals surface area contributed by atoms with Crippen molar-refractivity contribution in [1.29, 1.82) is 0 Å². The van der Waals surface area contributed by atoms with E-state index in [2.05, 4.69) is 16.0 Å². The number of rotatable bonds is 8. The summed E-state index contributed by atoms with van der Waals surface area (Å²) in [7, 11) is 1.60. The molecule has 1 rings (SSSR count). The van der Waals surface area contributed by atoms with Gasteiger partial charge in [-0.15, -0.1) is 0 Å². The largest absolute Gasteiger partial charge is 0.496 e. The predicted octanol–water partition coefficient (Wildman–Crippen LogP) is 0.630. The Bertz CT molecular complexity index is 410. The number of carbonyl (C=O) groups excluding carboxylic acids is 2. The lowest BCUT2D eigenvalue weighted by molar-refractivity contribution is -0.109. The van der Waals surface area contributed by atoms with Crippen molar-refractivity contribution in [3.63, 3.8) is 0 Å². The van der Waals surface area contributed by atoms with Gasteiger partial charge in [0, 0.05) is 25.2 Å². The van der Waals surface area contributed by atoms with Gasteiger partial charge in [0.15, 0.2) is 0 Å². The molecule has 1 aromatic carbocycles. The summed E-state index contributed by atoms with van der Waals surface area (Å²) >= 11 is 0. The normalized spacial score (nSPS) is 9.53. The third kappa shape index (κ3) is 5.76. The highest BCUT2D eigenvalue weighted by atomic mass is 16.5. The van der Waals surface area contributed by atoms with Crippen molar-refractivity contribution in [2.45, 2.75) is 13.0 Å². The second-order valence-electron chi connectivity index (χ2n) is 3.85. The molecule has 0 aliphatic rings. The van der Waals surface area contributed by atoms with Crippen molar-refractivity contribution >= 4 is 12.4 Å². The molecule has 19 heavy (non-hydrogen) atoms. The molecule has 0 heterocycles. The molecule has 0 saturated heterocycles. The first-order chi connectivity index (χ1) is 9.27. The molecule has 0 bridgehead atoms. The number of carbonyl (C=O) groups is 2. The Morgan fingerprint density at radius 3 is 2.79 bits per heavy atom. The van der Waals surface area contributed by atoms with Crippen LogP contribution in [0, 0.1) is 0 Å². The van der Waals surface area contributed by atoms with Crippen LogP contribution in [0.1, 0.15) is 12.0 Å². The van der Waals surface area contributed by atoms with Crippen LogP contribution in [0.3, 0.4) is 0 Å². The second kappa shape index (κ2) is 8.79. The SMILES string of the molecule is COc1ccccc1CNC(=O)NCCCNC=O. The molecular weight excluding hydrogens is 246 g/mol. The summed E-state index contributed by atoms with van der Waals surface area (Å²) in [5, 5.41) is 7.97. The standard InChI is InChI=1S/C13H19N3O3/c1-19-12-6-3-2-5-11(12)9-16-13(18)15-8-4-7-14-10-17/h2-3,5-6,10H,4,7-9H2,1H3,(H,14,17)(H2,15,16,18). The van der Waals surface area contributed by atoms with Gasteiger partial charge in [-0.05, 0) is 12.5 Å². The lowest BCUT2D eigenvalue weighted by atomic mass is 10.2. The first kappa shape index (κ1) is 14.8. The number of nitrogens with one attached hydrogen (secondary N) is 3. The predicted molar refractivity (Wildman–Crippen MR) is 71.9 cm³/mol. The van der Waals surface area contributed by atoms with Crippen LogP contribution in [0.15, 0.2) is 24.3 Å². The minimum Gasteiger partial charge on any atom is -0.496 e. The molecule has 6 nitrogen and oxygen atoms in total. The molecule has 0 aliphatic carbocycles. The quantitative estimate of drug-likeness (QED) is 0.476. The van der Waals surface area contributed by atoms with Crippen molar-refractivity contribution in [1.82, 2.24) is 16.0 Å². The summed E-state index contributed by atoms with van der Waals surface area (Å²) in [5.74, 6) is 0.748. The molecule has 0 spiro atoms. The molecule has 0 aromatic heterocycles. The molecule has 0 fully saturated rings. The lowest BCUT2D eigenvalue weighted by Crippen LogP contribution is -2.36. The summed E-state index contributed by atoms with van der Waals surface area (Å²) in [4.78, 5) is 21.5. The van der Waals surface area contributed by atoms with E-state index in [1.54, 1.807) is 7.11 Å². The van der Waals surface area contributed by atoms with Crippen molar-refractivity contribution in [3.05, 3.63) is 29.8 Å². The minimum atomic E-state index is -0.239. The van der Waals surface area contributed by atoms with Gasteiger partial charge in [-0.3, -0.25) is 4.79 Å². The fourth-order valence-electron chi connectivity index (χ4n) is 1.54. The van der Waals surface area contributed by atoms with Gasteiger partial charge in [-0.1, -0.05) is 18.2 Å². The number of hydrogen-bond donors (Lipinski definition) is 3. The zero-order chi connectivity index (χ0) is 13.9. The van der Waals surface area contributed by atoms with Crippen LogP contribution in [-0.4, -0.2) is 32.6 Å². The number of hydrogen-bond acceptors (Lipinski definition) is 3. The molecule has 0 unspecified atom stereocenters. The smallest absolute Gasteiger partial charge is 0.315 e. The van der Waals surface area contributed by atoms with E-state index in [4.69, 9.17) is 4.74 Å². The van der Waals surface area contributed by atoms with Gasteiger partial charge in [-0.25, -0.2) is 4.79 Å². The van der Waals surface area contributed by atoms with E-state index in [9.17, 15) is 9.59 Å². The van der Waals surface area contributed by atoms with Crippen LogP contribution < -0.4 is 20.7 Å². The number of para-hydroxylation sites is 1. The van der Waals surface area contributed by atoms with Gasteiger partial charge in [0.05, 0.1) is 7.11 Å². The number of ether oxygens (including phenoxy) is 1. The van der Waals surface area contributed by atoms with E-state index < -0.39 is 0 Å². The molecule has 0 atom stereocenters. The van der Waals surface area contributed by atoms with Crippen molar-refractivity contribution in [2.24, 2.45) is 0 Å². The van der Waals surface area contributed by atoms with E-state index in [-0.39, 0.29) is 6.03 Å². The highest BCUT2D eigenvalue weighted by Gasteiger charge is 2.03. The lowest BCUT2D eigenvalue weighted by Gasteiger charge is -2.10. The van der Waals surface area contributed by atoms with E-state index in [1.165, 1.54) is 0 Å². The van der Waals surface area contributed by atoms with E-state index in [0.29, 0.717) is 32.5 Å². The summed E-state index contributed by atoms with van der Waals surface area (Å²) < 4.78 is 5.19. The fourth-order valence-corrected chi connectivity index (χ4v) is 1.54. The molecule has 0 saturated carbocycles. The zero-order valence-electron chi connectivity index (χ0n) is 10.9. The maximum absolute atomic E-state index is 11.5. The summed E-state index contributed by atoms with van der Waals surface area (Å²) in [5.41, 5.74) is 0.919. The summed E-state index contributed by atoms with van der Waals surface area (Å²) in [6, 6.07) is 7.27. The molecular formula is C13H19N3O3. The van der Waals surface area contributed by atoms with Gasteiger partial charge in [0.1, 0.15) is 5.75 Å². The Hall–Kier alpha value is -2.24. The minimum absolute atomic E-state index is 0.239. The van der Waals surface area contributed by atoms with Gasteiger partial charge < -0.3 is 20.7 Å². The van der Waals surface area contributed by atoms with Gasteiger partial charge in [0.2, 0.25) is 6.41 Å². The molecule has 0 aliphatic heterocycles. The number of urea groups is 1. The first-order valence-electron chi connectivity index (χ1n) is 6.08. The van der Waals surface area contributed by atoms with Crippen molar-refractivity contribution in [3.8, 4) is 5.75 Å². The fraction of sp³-hybridized carbons (Fsp3) is 0.385. The Labute approximate surface area is 112 Å². The third-order valence-corrected chi connectivity index (χ3v) is 2.50. The van der Waals surface area contributed by atoms with Gasteiger partial charge >= 0.3 is 6.03 Å². The molecule has 1 aromatic rings. The highest BCUT2D eigenvalue weighted by Crippen LogP contribution is 2.16. The summed E-state index contributed by atoms with van der Waals surface area (Å²) in [6.45, 7) is 1.47. The van der Waals surface area contributed by atoms with Crippen LogP contribution >= 0.6 is 0 Å². The average Bonchev–Trinajstić information content (AvgIpc) is 2.45. The van der Waals surface area contributed by atoms with Crippen LogP contribution in [0.5, 0.6) is 5.75 Å². The molecule has 3 N–H and O–H groups in total. The number of methoxy groups -OCH3 is 1. The van der Waals surface area contributed by atoms with E-state index >= 15 is 0 Å². The monoisotopic (exact) mass is 265 g/mol. The Morgan fingerprint density at radius 1 is 1.26 bits per heavy atom. The van der Waals surface area contributed by atoms with E-state index in [1.807, 2.05) is 24.3 Å². The number of amides is 3. The van der Waals surface area contributed by atoms with Crippen LogP contribution in [-0.2, 0) is 11.3 Å².